The molecule has 3 N–H and O–H groups in total. The second kappa shape index (κ2) is 5.43. The van der Waals surface area contributed by atoms with Gasteiger partial charge in [0, 0.05) is 18.9 Å². The van der Waals surface area contributed by atoms with Crippen molar-refractivity contribution in [3.05, 3.63) is 23.4 Å². The molecule has 0 bridgehead atoms. The maximum atomic E-state index is 13.2. The molecule has 0 spiro atoms. The predicted octanol–water partition coefficient (Wildman–Crippen LogP) is 1.49. The fourth-order valence-corrected chi connectivity index (χ4v) is 1.82. The summed E-state index contributed by atoms with van der Waals surface area (Å²) in [7, 11) is 0. The Morgan fingerprint density at radius 2 is 2.24 bits per heavy atom. The van der Waals surface area contributed by atoms with Gasteiger partial charge < -0.3 is 10.4 Å². The Bertz CT molecular complexity index is 596. The minimum absolute atomic E-state index is 0.0264. The molecule has 1 fully saturated rings. The molecular weight excluding hydrogens is 286 g/mol. The molecule has 0 radical (unpaired) electrons. The summed E-state index contributed by atoms with van der Waals surface area (Å²) in [6, 6.07) is 1.54. The molecule has 2 rings (SSSR count). The van der Waals surface area contributed by atoms with E-state index in [1.54, 1.807) is 0 Å². The van der Waals surface area contributed by atoms with Gasteiger partial charge in [-0.2, -0.15) is 0 Å². The van der Waals surface area contributed by atoms with Crippen molar-refractivity contribution in [3.8, 4) is 0 Å². The van der Waals surface area contributed by atoms with Crippen molar-refractivity contribution in [1.82, 2.24) is 15.5 Å². The summed E-state index contributed by atoms with van der Waals surface area (Å²) in [5.41, 5.74) is 0.450. The highest BCUT2D eigenvalue weighted by Crippen LogP contribution is 2.28. The van der Waals surface area contributed by atoms with Gasteiger partial charge in [-0.25, -0.2) is 13.6 Å². The molecular formula is C12H12F2N4O3. The van der Waals surface area contributed by atoms with E-state index in [0.29, 0.717) is 0 Å². The first kappa shape index (κ1) is 14.8. The minimum Gasteiger partial charge on any atom is -0.465 e. The molecule has 1 aromatic heterocycles. The van der Waals surface area contributed by atoms with Crippen LogP contribution in [-0.2, 0) is 4.79 Å². The Morgan fingerprint density at radius 1 is 1.52 bits per heavy atom. The van der Waals surface area contributed by atoms with E-state index < -0.39 is 24.0 Å². The van der Waals surface area contributed by atoms with Crippen LogP contribution in [-0.4, -0.2) is 39.3 Å². The third-order valence-corrected chi connectivity index (χ3v) is 2.88. The Hall–Kier alpha value is -2.58. The lowest BCUT2D eigenvalue weighted by atomic mass is 10.1. The maximum Gasteiger partial charge on any atom is 0.410 e. The maximum absolute atomic E-state index is 13.2. The number of alkyl halides is 2. The van der Waals surface area contributed by atoms with Crippen LogP contribution >= 0.6 is 0 Å². The molecule has 1 aliphatic heterocycles. The van der Waals surface area contributed by atoms with Crippen molar-refractivity contribution in [2.45, 2.75) is 25.3 Å². The Kier molecular flexibility index (Phi) is 3.83. The van der Waals surface area contributed by atoms with Gasteiger partial charge in [0.2, 0.25) is 5.91 Å². The van der Waals surface area contributed by atoms with E-state index in [1.807, 2.05) is 5.32 Å². The Morgan fingerprint density at radius 3 is 2.71 bits per heavy atom. The van der Waals surface area contributed by atoms with Crippen molar-refractivity contribution >= 4 is 23.9 Å². The number of rotatable bonds is 3. The predicted molar refractivity (Wildman–Crippen MR) is 68.8 cm³/mol. The number of carbonyl (C=O) groups is 2. The number of carbonyl (C=O) groups excluding carboxylic acids is 1. The highest BCUT2D eigenvalue weighted by atomic mass is 19.3. The van der Waals surface area contributed by atoms with Crippen LogP contribution in [0.3, 0.4) is 0 Å². The molecule has 9 heteroatoms. The first-order valence-corrected chi connectivity index (χ1v) is 5.98. The van der Waals surface area contributed by atoms with Crippen LogP contribution in [0.25, 0.3) is 6.08 Å². The molecule has 7 nitrogen and oxygen atoms in total. The summed E-state index contributed by atoms with van der Waals surface area (Å²) in [4.78, 5) is 22.0. The van der Waals surface area contributed by atoms with Gasteiger partial charge >= 0.3 is 6.09 Å². The van der Waals surface area contributed by atoms with E-state index in [-0.39, 0.29) is 23.5 Å². The summed E-state index contributed by atoms with van der Waals surface area (Å²) in [6.07, 6.45) is -0.0452. The van der Waals surface area contributed by atoms with Gasteiger partial charge in [-0.1, -0.05) is 0 Å². The number of anilines is 1. The largest absolute Gasteiger partial charge is 0.465 e. The van der Waals surface area contributed by atoms with Gasteiger partial charge in [-0.3, -0.25) is 10.1 Å². The summed E-state index contributed by atoms with van der Waals surface area (Å²) in [5.74, 6) is -3.55. The lowest BCUT2D eigenvalue weighted by Crippen LogP contribution is -2.39. The van der Waals surface area contributed by atoms with Crippen molar-refractivity contribution in [1.29, 1.82) is 0 Å². The second-order valence-electron chi connectivity index (χ2n) is 4.63. The van der Waals surface area contributed by atoms with E-state index in [1.165, 1.54) is 18.2 Å². The molecule has 2 amide bonds. The first-order valence-electron chi connectivity index (χ1n) is 5.98. The minimum atomic E-state index is -3.01. The highest BCUT2D eigenvalue weighted by molar-refractivity contribution is 6.00. The molecule has 2 heterocycles. The number of nitrogens with zero attached hydrogens (tertiary/aromatic N) is 2. The Labute approximate surface area is 118 Å². The average molecular weight is 298 g/mol. The normalized spacial score (nSPS) is 20.4. The van der Waals surface area contributed by atoms with Gasteiger partial charge in [0.25, 0.3) is 5.92 Å². The van der Waals surface area contributed by atoms with Crippen LogP contribution < -0.4 is 10.6 Å². The van der Waals surface area contributed by atoms with Crippen molar-refractivity contribution in [2.75, 3.05) is 5.32 Å². The summed E-state index contributed by atoms with van der Waals surface area (Å²) in [6.45, 7) is 0.743. The van der Waals surface area contributed by atoms with Crippen molar-refractivity contribution in [3.63, 3.8) is 0 Å². The standard InChI is InChI=1S/C12H12F2N4O3/c1-12(13,14)8-5-6(10(19)15-8)4-7-2-3-9(18-17-7)16-11(20)21/h2-4,8H,5H2,1H3,(H,15,19)(H,16,18)(H,20,21)/b6-4+. The van der Waals surface area contributed by atoms with Gasteiger partial charge in [-0.05, 0) is 18.2 Å². The molecule has 0 aromatic carbocycles. The summed E-state index contributed by atoms with van der Waals surface area (Å²) < 4.78 is 26.3. The van der Waals surface area contributed by atoms with E-state index in [0.717, 1.165) is 6.92 Å². The zero-order valence-corrected chi connectivity index (χ0v) is 10.9. The van der Waals surface area contributed by atoms with Crippen molar-refractivity contribution < 1.29 is 23.5 Å². The molecule has 1 atom stereocenters. The fourth-order valence-electron chi connectivity index (χ4n) is 1.82. The van der Waals surface area contributed by atoms with Gasteiger partial charge in [-0.15, -0.1) is 10.2 Å². The number of amides is 2. The van der Waals surface area contributed by atoms with Crippen LogP contribution in [0.1, 0.15) is 19.0 Å². The monoisotopic (exact) mass is 298 g/mol. The lowest BCUT2D eigenvalue weighted by Gasteiger charge is -2.17. The quantitative estimate of drug-likeness (QED) is 0.733. The van der Waals surface area contributed by atoms with E-state index >= 15 is 0 Å². The van der Waals surface area contributed by atoms with Crippen LogP contribution in [0.5, 0.6) is 0 Å². The van der Waals surface area contributed by atoms with E-state index in [4.69, 9.17) is 5.11 Å². The molecule has 112 valence electrons. The van der Waals surface area contributed by atoms with E-state index in [9.17, 15) is 18.4 Å². The van der Waals surface area contributed by atoms with Gasteiger partial charge in [0.05, 0.1) is 11.7 Å². The van der Waals surface area contributed by atoms with E-state index in [2.05, 4.69) is 15.5 Å². The summed E-state index contributed by atoms with van der Waals surface area (Å²) in [5, 5.41) is 20.0. The van der Waals surface area contributed by atoms with Crippen LogP contribution in [0.2, 0.25) is 0 Å². The average Bonchev–Trinajstić information content (AvgIpc) is 2.73. The third kappa shape index (κ3) is 3.71. The van der Waals surface area contributed by atoms with Crippen LogP contribution in [0.15, 0.2) is 17.7 Å². The number of hydrogen-bond acceptors (Lipinski definition) is 4. The van der Waals surface area contributed by atoms with Crippen LogP contribution in [0.4, 0.5) is 19.4 Å². The topological polar surface area (TPSA) is 104 Å². The van der Waals surface area contributed by atoms with Gasteiger partial charge in [0.15, 0.2) is 5.82 Å². The smallest absolute Gasteiger partial charge is 0.410 e. The molecule has 0 aliphatic carbocycles. The molecule has 0 saturated carbocycles. The number of nitrogens with one attached hydrogen (secondary N) is 2. The summed E-state index contributed by atoms with van der Waals surface area (Å²) >= 11 is 0. The lowest BCUT2D eigenvalue weighted by molar-refractivity contribution is -0.118. The fraction of sp³-hybridized carbons (Fsp3) is 0.333. The zero-order valence-electron chi connectivity index (χ0n) is 10.9. The Balaban J connectivity index is 2.13. The third-order valence-electron chi connectivity index (χ3n) is 2.88. The van der Waals surface area contributed by atoms with Crippen molar-refractivity contribution in [2.24, 2.45) is 0 Å². The second-order valence-corrected chi connectivity index (χ2v) is 4.63. The van der Waals surface area contributed by atoms with Gasteiger partial charge in [0.1, 0.15) is 0 Å². The molecule has 1 aliphatic rings. The number of carboxylic acid groups (broad SMARTS) is 1. The SMILES string of the molecule is CC(F)(F)C1C/C(=C\c2ccc(NC(=O)O)nn2)C(=O)N1. The number of halogens is 2. The molecule has 21 heavy (non-hydrogen) atoms. The zero-order chi connectivity index (χ0) is 15.6. The molecule has 1 saturated heterocycles. The molecule has 1 aromatic rings. The first-order chi connectivity index (χ1) is 9.75. The van der Waals surface area contributed by atoms with Crippen LogP contribution in [0, 0.1) is 0 Å². The number of hydrogen-bond donors (Lipinski definition) is 3. The highest BCUT2D eigenvalue weighted by Gasteiger charge is 2.41. The molecule has 1 unspecified atom stereocenters. The number of aromatic nitrogens is 2.